The van der Waals surface area contributed by atoms with Gasteiger partial charge < -0.3 is 0 Å². The molecule has 71 heavy (non-hydrogen) atoms. The van der Waals surface area contributed by atoms with Crippen LogP contribution in [0, 0.1) is 20.8 Å². The van der Waals surface area contributed by atoms with Crippen molar-refractivity contribution in [3.05, 3.63) is 244 Å². The number of hydrogen-bond donors (Lipinski definition) is 0. The van der Waals surface area contributed by atoms with Gasteiger partial charge in [0.2, 0.25) is 0 Å². The Hall–Kier alpha value is -6.76. The molecule has 0 unspecified atom stereocenters. The van der Waals surface area contributed by atoms with Crippen LogP contribution in [0.5, 0.6) is 0 Å². The van der Waals surface area contributed by atoms with Crippen LogP contribution in [0.1, 0.15) is 136 Å². The maximum atomic E-state index is 2.42. The first-order chi connectivity index (χ1) is 34.4. The SMILES string of the molecule is CCCCc1ccc(-c2cccc(-c3ccccc3CCCC)c2C)cc1.Cc1cccc(-c2ccc3c(c2)-c2ccc(C4=CCCC=C4)cc2C3(C)C)c1.Cc1cccc2c1-c1ccccc1C2(C)C. The maximum Gasteiger partial charge on any atom is 0.0159 e. The molecule has 0 amide bonds. The Kier molecular flexibility index (Phi) is 14.8. The summed E-state index contributed by atoms with van der Waals surface area (Å²) in [5.74, 6) is 0. The molecule has 0 radical (unpaired) electrons. The molecule has 0 heteroatoms. The molecule has 8 aromatic rings. The van der Waals surface area contributed by atoms with E-state index in [4.69, 9.17) is 0 Å². The molecule has 358 valence electrons. The zero-order valence-electron chi connectivity index (χ0n) is 44.1. The first-order valence-corrected chi connectivity index (χ1v) is 26.6. The summed E-state index contributed by atoms with van der Waals surface area (Å²) in [7, 11) is 0. The molecular weight excluding hydrogens is 853 g/mol. The van der Waals surface area contributed by atoms with Crippen LogP contribution < -0.4 is 0 Å². The Morgan fingerprint density at radius 3 is 1.80 bits per heavy atom. The summed E-state index contributed by atoms with van der Waals surface area (Å²) in [6.07, 6.45) is 16.6. The molecule has 0 aromatic heterocycles. The zero-order valence-corrected chi connectivity index (χ0v) is 44.1. The van der Waals surface area contributed by atoms with E-state index in [2.05, 4.69) is 250 Å². The maximum absolute atomic E-state index is 2.42. The molecule has 3 aliphatic carbocycles. The lowest BCUT2D eigenvalue weighted by Gasteiger charge is -2.22. The average molecular weight is 927 g/mol. The van der Waals surface area contributed by atoms with E-state index >= 15 is 0 Å². The van der Waals surface area contributed by atoms with E-state index < -0.39 is 0 Å². The normalized spacial score (nSPS) is 14.2. The van der Waals surface area contributed by atoms with E-state index in [9.17, 15) is 0 Å². The minimum absolute atomic E-state index is 0.0325. The molecule has 0 heterocycles. The molecule has 8 aromatic carbocycles. The van der Waals surface area contributed by atoms with Gasteiger partial charge in [-0.2, -0.15) is 0 Å². The van der Waals surface area contributed by atoms with Crippen molar-refractivity contribution in [2.24, 2.45) is 0 Å². The smallest absolute Gasteiger partial charge is 0.0159 e. The summed E-state index contributed by atoms with van der Waals surface area (Å²) in [6.45, 7) is 20.5. The average Bonchev–Trinajstić information content (AvgIpc) is 3.77. The van der Waals surface area contributed by atoms with Gasteiger partial charge in [-0.1, -0.05) is 236 Å². The number of benzene rings is 8. The topological polar surface area (TPSA) is 0 Å². The Morgan fingerprint density at radius 2 is 1.04 bits per heavy atom. The number of rotatable bonds is 10. The Morgan fingerprint density at radius 1 is 0.423 bits per heavy atom. The highest BCUT2D eigenvalue weighted by Gasteiger charge is 2.37. The molecule has 3 aliphatic rings. The highest BCUT2D eigenvalue weighted by Crippen LogP contribution is 2.51. The first kappa shape index (κ1) is 49.2. The van der Waals surface area contributed by atoms with Gasteiger partial charge in [0.15, 0.2) is 0 Å². The van der Waals surface area contributed by atoms with Crippen LogP contribution in [-0.2, 0) is 23.7 Å². The van der Waals surface area contributed by atoms with E-state index in [-0.39, 0.29) is 10.8 Å². The van der Waals surface area contributed by atoms with Crippen LogP contribution in [0.15, 0.2) is 188 Å². The minimum atomic E-state index is 0.0325. The number of aryl methyl sites for hydroxylation is 4. The third-order valence-electron chi connectivity index (χ3n) is 15.7. The minimum Gasteiger partial charge on any atom is -0.0836 e. The molecule has 0 spiro atoms. The van der Waals surface area contributed by atoms with Gasteiger partial charge in [0, 0.05) is 10.8 Å². The molecule has 0 nitrogen and oxygen atoms in total. The lowest BCUT2D eigenvalue weighted by Crippen LogP contribution is -2.15. The summed E-state index contributed by atoms with van der Waals surface area (Å²) in [4.78, 5) is 0. The Labute approximate surface area is 427 Å². The largest absolute Gasteiger partial charge is 0.0836 e. The van der Waals surface area contributed by atoms with Gasteiger partial charge in [-0.3, -0.25) is 0 Å². The molecule has 0 aliphatic heterocycles. The molecule has 0 fully saturated rings. The molecule has 0 saturated carbocycles. The van der Waals surface area contributed by atoms with Crippen LogP contribution in [0.25, 0.3) is 61.2 Å². The van der Waals surface area contributed by atoms with Gasteiger partial charge >= 0.3 is 0 Å². The van der Waals surface area contributed by atoms with Gasteiger partial charge in [0.25, 0.3) is 0 Å². The van der Waals surface area contributed by atoms with E-state index in [1.54, 1.807) is 0 Å². The monoisotopic (exact) mass is 927 g/mol. The summed E-state index contributed by atoms with van der Waals surface area (Å²) in [5, 5.41) is 0. The number of allylic oxidation sites excluding steroid dienone is 4. The lowest BCUT2D eigenvalue weighted by molar-refractivity contribution is 0.660. The lowest BCUT2D eigenvalue weighted by atomic mass is 9.81. The van der Waals surface area contributed by atoms with Crippen molar-refractivity contribution < 1.29 is 0 Å². The van der Waals surface area contributed by atoms with Crippen molar-refractivity contribution in [2.75, 3.05) is 0 Å². The van der Waals surface area contributed by atoms with Gasteiger partial charge in [-0.05, 0) is 183 Å². The van der Waals surface area contributed by atoms with Gasteiger partial charge in [-0.15, -0.1) is 0 Å². The number of unbranched alkanes of at least 4 members (excludes halogenated alkanes) is 2. The van der Waals surface area contributed by atoms with E-state index in [1.807, 2.05) is 0 Å². The molecule has 0 atom stereocenters. The van der Waals surface area contributed by atoms with E-state index in [0.717, 1.165) is 19.3 Å². The standard InChI is InChI=1S/C28H26.C27H32.C16H16/c1-19-8-7-11-21(16-19)22-13-15-26-25(17-22)24-14-12-23(18-27(24)28(26,2)3)20-9-5-4-6-10-20;1-4-6-11-22-17-19-24(20-18-22)25-15-10-16-26(21(25)3)27-14-9-8-13-23(27)12-7-5-2;1-11-7-6-10-14-15(11)12-8-4-5-9-13(12)16(14,2)3/h5,7-18H,4,6H2,1-3H3;8-10,13-20H,4-7,11-12H2,1-3H3;4-10H,1-3H3. The van der Waals surface area contributed by atoms with E-state index in [0.29, 0.717) is 0 Å². The van der Waals surface area contributed by atoms with Gasteiger partial charge in [-0.25, -0.2) is 0 Å². The predicted octanol–water partition coefficient (Wildman–Crippen LogP) is 20.0. The van der Waals surface area contributed by atoms with Crippen molar-refractivity contribution in [3.8, 4) is 55.6 Å². The van der Waals surface area contributed by atoms with Crippen LogP contribution >= 0.6 is 0 Å². The zero-order chi connectivity index (χ0) is 49.7. The van der Waals surface area contributed by atoms with Crippen molar-refractivity contribution in [1.82, 2.24) is 0 Å². The second-order valence-corrected chi connectivity index (χ2v) is 21.4. The van der Waals surface area contributed by atoms with Crippen LogP contribution in [0.4, 0.5) is 0 Å². The summed E-state index contributed by atoms with van der Waals surface area (Å²) < 4.78 is 0. The first-order valence-electron chi connectivity index (χ1n) is 26.6. The fourth-order valence-corrected chi connectivity index (χ4v) is 11.5. The third kappa shape index (κ3) is 10.1. The quantitative estimate of drug-likeness (QED) is 0.128. The van der Waals surface area contributed by atoms with Crippen LogP contribution in [0.2, 0.25) is 0 Å². The van der Waals surface area contributed by atoms with Crippen molar-refractivity contribution >= 4 is 5.57 Å². The van der Waals surface area contributed by atoms with Crippen LogP contribution in [0.3, 0.4) is 0 Å². The summed E-state index contributed by atoms with van der Waals surface area (Å²) >= 11 is 0. The summed E-state index contributed by atoms with van der Waals surface area (Å²) in [6, 6.07) is 63.1. The molecular formula is C71H74. The van der Waals surface area contributed by atoms with Crippen molar-refractivity contribution in [2.45, 2.75) is 125 Å². The van der Waals surface area contributed by atoms with Crippen LogP contribution in [-0.4, -0.2) is 0 Å². The van der Waals surface area contributed by atoms with E-state index in [1.165, 1.54) is 149 Å². The predicted molar refractivity (Wildman–Crippen MR) is 309 cm³/mol. The fraction of sp³-hybridized carbons (Fsp3) is 0.268. The second-order valence-electron chi connectivity index (χ2n) is 21.4. The Bertz CT molecular complexity index is 3230. The fourth-order valence-electron chi connectivity index (χ4n) is 11.5. The second kappa shape index (κ2) is 21.3. The van der Waals surface area contributed by atoms with Gasteiger partial charge in [0.1, 0.15) is 0 Å². The third-order valence-corrected chi connectivity index (χ3v) is 15.7. The number of hydrogen-bond acceptors (Lipinski definition) is 0. The van der Waals surface area contributed by atoms with Crippen molar-refractivity contribution in [3.63, 3.8) is 0 Å². The highest BCUT2D eigenvalue weighted by molar-refractivity contribution is 5.87. The number of fused-ring (bicyclic) bond motifs is 6. The molecule has 0 saturated heterocycles. The Balaban J connectivity index is 0.000000137. The molecule has 0 bridgehead atoms. The molecule has 11 rings (SSSR count). The van der Waals surface area contributed by atoms with Crippen molar-refractivity contribution in [1.29, 1.82) is 0 Å². The molecule has 0 N–H and O–H groups in total. The summed E-state index contributed by atoms with van der Waals surface area (Å²) in [5.41, 5.74) is 29.3. The highest BCUT2D eigenvalue weighted by atomic mass is 14.4. The van der Waals surface area contributed by atoms with Gasteiger partial charge in [0.05, 0.1) is 0 Å².